The molecule has 6 nitrogen and oxygen atoms in total. The van der Waals surface area contributed by atoms with E-state index in [4.69, 9.17) is 9.47 Å². The fourth-order valence-corrected chi connectivity index (χ4v) is 3.27. The average Bonchev–Trinajstić information content (AvgIpc) is 3.34. The SMILES string of the molecule is COc1ccc(-c2c(C(=O)NC[C@@H]3CCCO3)nc3ccccn23)cc1. The lowest BCUT2D eigenvalue weighted by Gasteiger charge is -2.11. The first-order valence-electron chi connectivity index (χ1n) is 8.77. The van der Waals surface area contributed by atoms with Gasteiger partial charge in [0.05, 0.1) is 18.9 Å². The van der Waals surface area contributed by atoms with Gasteiger partial charge in [0.25, 0.3) is 5.91 Å². The Bertz CT molecular complexity index is 912. The summed E-state index contributed by atoms with van der Waals surface area (Å²) in [5.74, 6) is 0.585. The van der Waals surface area contributed by atoms with Crippen LogP contribution in [0.3, 0.4) is 0 Å². The molecule has 1 atom stereocenters. The summed E-state index contributed by atoms with van der Waals surface area (Å²) < 4.78 is 12.7. The van der Waals surface area contributed by atoms with Crippen LogP contribution in [0.1, 0.15) is 23.3 Å². The normalized spacial score (nSPS) is 16.7. The van der Waals surface area contributed by atoms with Crippen molar-refractivity contribution in [2.45, 2.75) is 18.9 Å². The van der Waals surface area contributed by atoms with Crippen LogP contribution in [0.15, 0.2) is 48.7 Å². The molecular formula is C20H21N3O3. The van der Waals surface area contributed by atoms with Crippen molar-refractivity contribution in [1.29, 1.82) is 0 Å². The number of ether oxygens (including phenoxy) is 2. The Labute approximate surface area is 151 Å². The fraction of sp³-hybridized carbons (Fsp3) is 0.300. The number of methoxy groups -OCH3 is 1. The molecule has 0 unspecified atom stereocenters. The van der Waals surface area contributed by atoms with Gasteiger partial charge in [-0.1, -0.05) is 6.07 Å². The lowest BCUT2D eigenvalue weighted by molar-refractivity contribution is 0.0855. The van der Waals surface area contributed by atoms with E-state index in [0.717, 1.165) is 42.1 Å². The van der Waals surface area contributed by atoms with Crippen molar-refractivity contribution in [2.75, 3.05) is 20.3 Å². The number of imidazole rings is 1. The van der Waals surface area contributed by atoms with Crippen molar-refractivity contribution < 1.29 is 14.3 Å². The van der Waals surface area contributed by atoms with Gasteiger partial charge in [-0.25, -0.2) is 4.98 Å². The van der Waals surface area contributed by atoms with Gasteiger partial charge in [-0.3, -0.25) is 9.20 Å². The zero-order chi connectivity index (χ0) is 17.9. The molecule has 1 amide bonds. The lowest BCUT2D eigenvalue weighted by atomic mass is 10.1. The smallest absolute Gasteiger partial charge is 0.272 e. The van der Waals surface area contributed by atoms with Gasteiger partial charge >= 0.3 is 0 Å². The molecule has 1 fully saturated rings. The van der Waals surface area contributed by atoms with Crippen molar-refractivity contribution in [3.8, 4) is 17.0 Å². The number of carbonyl (C=O) groups excluding carboxylic acids is 1. The van der Waals surface area contributed by atoms with Gasteiger partial charge in [-0.05, 0) is 49.2 Å². The number of carbonyl (C=O) groups is 1. The molecule has 0 radical (unpaired) electrons. The van der Waals surface area contributed by atoms with Gasteiger partial charge in [0.1, 0.15) is 11.4 Å². The Hall–Kier alpha value is -2.86. The maximum atomic E-state index is 12.8. The number of nitrogens with one attached hydrogen (secondary N) is 1. The van der Waals surface area contributed by atoms with E-state index in [1.165, 1.54) is 0 Å². The number of rotatable bonds is 5. The standard InChI is InChI=1S/C20H21N3O3/c1-25-15-9-7-14(8-10-15)19-18(22-17-6-2-3-11-23(17)19)20(24)21-13-16-5-4-12-26-16/h2-3,6-11,16H,4-5,12-13H2,1H3,(H,21,24)/t16-/m0/s1. The molecule has 6 heteroatoms. The van der Waals surface area contributed by atoms with Crippen LogP contribution >= 0.6 is 0 Å². The van der Waals surface area contributed by atoms with E-state index in [-0.39, 0.29) is 12.0 Å². The first-order chi connectivity index (χ1) is 12.8. The van der Waals surface area contributed by atoms with Crippen molar-refractivity contribution in [1.82, 2.24) is 14.7 Å². The molecule has 4 rings (SSSR count). The predicted octanol–water partition coefficient (Wildman–Crippen LogP) is 2.92. The molecule has 1 aromatic carbocycles. The summed E-state index contributed by atoms with van der Waals surface area (Å²) in [6, 6.07) is 13.4. The van der Waals surface area contributed by atoms with Crippen molar-refractivity contribution in [2.24, 2.45) is 0 Å². The van der Waals surface area contributed by atoms with Crippen LogP contribution in [0.4, 0.5) is 0 Å². The minimum absolute atomic E-state index is 0.0976. The molecule has 1 saturated heterocycles. The van der Waals surface area contributed by atoms with Crippen molar-refractivity contribution in [3.05, 3.63) is 54.4 Å². The summed E-state index contributed by atoms with van der Waals surface area (Å²) in [4.78, 5) is 17.4. The molecule has 1 aliphatic heterocycles. The Kier molecular flexibility index (Phi) is 4.58. The number of hydrogen-bond acceptors (Lipinski definition) is 4. The highest BCUT2D eigenvalue weighted by Crippen LogP contribution is 2.27. The topological polar surface area (TPSA) is 64.9 Å². The van der Waals surface area contributed by atoms with E-state index in [9.17, 15) is 4.79 Å². The molecule has 0 aliphatic carbocycles. The van der Waals surface area contributed by atoms with Gasteiger partial charge in [-0.2, -0.15) is 0 Å². The highest BCUT2D eigenvalue weighted by molar-refractivity contribution is 5.99. The zero-order valence-electron chi connectivity index (χ0n) is 14.6. The first-order valence-corrected chi connectivity index (χ1v) is 8.77. The predicted molar refractivity (Wildman–Crippen MR) is 98.5 cm³/mol. The van der Waals surface area contributed by atoms with Crippen molar-refractivity contribution >= 4 is 11.6 Å². The highest BCUT2D eigenvalue weighted by Gasteiger charge is 2.22. The lowest BCUT2D eigenvalue weighted by Crippen LogP contribution is -2.32. The van der Waals surface area contributed by atoms with Crippen molar-refractivity contribution in [3.63, 3.8) is 0 Å². The number of pyridine rings is 1. The Morgan fingerprint density at radius 3 is 2.88 bits per heavy atom. The number of nitrogens with zero attached hydrogens (tertiary/aromatic N) is 2. The molecule has 0 spiro atoms. The minimum Gasteiger partial charge on any atom is -0.497 e. The molecular weight excluding hydrogens is 330 g/mol. The summed E-state index contributed by atoms with van der Waals surface area (Å²) in [5, 5.41) is 2.97. The summed E-state index contributed by atoms with van der Waals surface area (Å²) in [5.41, 5.74) is 2.83. The van der Waals surface area contributed by atoms with Crippen LogP contribution in [0.2, 0.25) is 0 Å². The number of hydrogen-bond donors (Lipinski definition) is 1. The van der Waals surface area contributed by atoms with Crippen LogP contribution < -0.4 is 10.1 Å². The van der Waals surface area contributed by atoms with Crippen LogP contribution in [0, 0.1) is 0 Å². The molecule has 0 saturated carbocycles. The third kappa shape index (κ3) is 3.15. The fourth-order valence-electron chi connectivity index (χ4n) is 3.27. The second kappa shape index (κ2) is 7.17. The minimum atomic E-state index is -0.185. The Morgan fingerprint density at radius 1 is 1.31 bits per heavy atom. The molecule has 2 aromatic heterocycles. The maximum Gasteiger partial charge on any atom is 0.272 e. The quantitative estimate of drug-likeness (QED) is 0.768. The summed E-state index contributed by atoms with van der Waals surface area (Å²) >= 11 is 0. The molecule has 1 aliphatic rings. The van der Waals surface area contributed by atoms with Gasteiger partial charge in [0.15, 0.2) is 5.69 Å². The molecule has 134 valence electrons. The third-order valence-electron chi connectivity index (χ3n) is 4.62. The zero-order valence-corrected chi connectivity index (χ0v) is 14.6. The average molecular weight is 351 g/mol. The van der Waals surface area contributed by atoms with E-state index in [1.807, 2.05) is 53.1 Å². The Balaban J connectivity index is 1.69. The molecule has 3 heterocycles. The van der Waals surface area contributed by atoms with Gasteiger partial charge < -0.3 is 14.8 Å². The summed E-state index contributed by atoms with van der Waals surface area (Å²) in [7, 11) is 1.63. The van der Waals surface area contributed by atoms with Gasteiger partial charge in [-0.15, -0.1) is 0 Å². The monoisotopic (exact) mass is 351 g/mol. The molecule has 0 bridgehead atoms. The second-order valence-electron chi connectivity index (χ2n) is 6.31. The first kappa shape index (κ1) is 16.6. The van der Waals surface area contributed by atoms with Gasteiger partial charge in [0.2, 0.25) is 0 Å². The van der Waals surface area contributed by atoms with Crippen LogP contribution in [-0.2, 0) is 4.74 Å². The summed E-state index contributed by atoms with van der Waals surface area (Å²) in [6.45, 7) is 1.28. The van der Waals surface area contributed by atoms with E-state index in [0.29, 0.717) is 12.2 Å². The number of fused-ring (bicyclic) bond motifs is 1. The third-order valence-corrected chi connectivity index (χ3v) is 4.62. The summed E-state index contributed by atoms with van der Waals surface area (Å²) in [6.07, 6.45) is 4.04. The molecule has 1 N–H and O–H groups in total. The van der Waals surface area contributed by atoms with E-state index in [2.05, 4.69) is 10.3 Å². The van der Waals surface area contributed by atoms with Crippen LogP contribution in [0.5, 0.6) is 5.75 Å². The largest absolute Gasteiger partial charge is 0.497 e. The molecule has 26 heavy (non-hydrogen) atoms. The maximum absolute atomic E-state index is 12.8. The van der Waals surface area contributed by atoms with Crippen LogP contribution in [-0.4, -0.2) is 41.7 Å². The second-order valence-corrected chi connectivity index (χ2v) is 6.31. The van der Waals surface area contributed by atoms with Gasteiger partial charge in [0, 0.05) is 24.9 Å². The van der Waals surface area contributed by atoms with E-state index >= 15 is 0 Å². The number of benzene rings is 1. The Morgan fingerprint density at radius 2 is 2.15 bits per heavy atom. The molecule has 3 aromatic rings. The highest BCUT2D eigenvalue weighted by atomic mass is 16.5. The number of amides is 1. The van der Waals surface area contributed by atoms with E-state index < -0.39 is 0 Å². The van der Waals surface area contributed by atoms with Crippen LogP contribution in [0.25, 0.3) is 16.9 Å². The van der Waals surface area contributed by atoms with E-state index in [1.54, 1.807) is 7.11 Å². The number of aromatic nitrogens is 2.